The minimum absolute atomic E-state index is 0.353. The van der Waals surface area contributed by atoms with Crippen molar-refractivity contribution in [1.82, 2.24) is 0 Å². The Hall–Kier alpha value is -0.670. The smallest absolute Gasteiger partial charge is 0.341 e. The highest BCUT2D eigenvalue weighted by Gasteiger charge is 2.22. The summed E-state index contributed by atoms with van der Waals surface area (Å²) in [5.74, 6) is -0.526. The summed E-state index contributed by atoms with van der Waals surface area (Å²) in [6, 6.07) is 0. The monoisotopic (exact) mass is 222 g/mol. The average Bonchev–Trinajstić information content (AvgIpc) is 2.02. The van der Waals surface area contributed by atoms with Gasteiger partial charge in [-0.25, -0.2) is 4.79 Å². The zero-order valence-electron chi connectivity index (χ0n) is 6.67. The first-order valence-electron chi connectivity index (χ1n) is 3.61. The number of carboxylic acid groups (broad SMARTS) is 1. The van der Waals surface area contributed by atoms with Crippen LogP contribution in [0.15, 0.2) is 24.0 Å². The molecule has 0 heterocycles. The number of halogens is 2. The van der Waals surface area contributed by atoms with Crippen molar-refractivity contribution in [3.8, 4) is 0 Å². The molecule has 0 unspecified atom stereocenters. The lowest BCUT2D eigenvalue weighted by Crippen LogP contribution is -2.13. The fourth-order valence-electron chi connectivity index (χ4n) is 0.829. The summed E-state index contributed by atoms with van der Waals surface area (Å²) < 4.78 is 4.00. The standard InChI is InChI=1S/C8H8Cl2O3/c9-8(10)3-1-6(2-4-8)13-5-7(11)12/h1-3H,4-5H2,(H,11,12). The highest BCUT2D eigenvalue weighted by Crippen LogP contribution is 2.31. The van der Waals surface area contributed by atoms with E-state index < -0.39 is 10.3 Å². The van der Waals surface area contributed by atoms with Crippen molar-refractivity contribution in [2.24, 2.45) is 0 Å². The normalized spacial score (nSPS) is 19.4. The predicted octanol–water partition coefficient (Wildman–Crippen LogP) is 2.11. The van der Waals surface area contributed by atoms with Gasteiger partial charge >= 0.3 is 5.97 Å². The van der Waals surface area contributed by atoms with Gasteiger partial charge < -0.3 is 9.84 Å². The van der Waals surface area contributed by atoms with Crippen molar-refractivity contribution in [1.29, 1.82) is 0 Å². The Morgan fingerprint density at radius 3 is 2.85 bits per heavy atom. The van der Waals surface area contributed by atoms with Gasteiger partial charge in [-0.15, -0.1) is 0 Å². The Kier molecular flexibility index (Phi) is 3.22. The van der Waals surface area contributed by atoms with E-state index >= 15 is 0 Å². The molecule has 5 heteroatoms. The van der Waals surface area contributed by atoms with Crippen molar-refractivity contribution < 1.29 is 14.6 Å². The van der Waals surface area contributed by atoms with Gasteiger partial charge in [0.25, 0.3) is 0 Å². The van der Waals surface area contributed by atoms with Crippen LogP contribution in [0.5, 0.6) is 0 Å². The van der Waals surface area contributed by atoms with E-state index in [0.29, 0.717) is 12.2 Å². The molecule has 0 atom stereocenters. The molecule has 0 saturated heterocycles. The van der Waals surface area contributed by atoms with E-state index in [1.54, 1.807) is 18.2 Å². The van der Waals surface area contributed by atoms with E-state index in [-0.39, 0.29) is 6.61 Å². The lowest BCUT2D eigenvalue weighted by atomic mass is 10.1. The molecule has 0 aromatic rings. The van der Waals surface area contributed by atoms with Crippen LogP contribution in [0.2, 0.25) is 0 Å². The van der Waals surface area contributed by atoms with Crippen LogP contribution in [0.4, 0.5) is 0 Å². The van der Waals surface area contributed by atoms with E-state index in [1.165, 1.54) is 0 Å². The Bertz CT molecular complexity index is 269. The third-order valence-electron chi connectivity index (χ3n) is 1.43. The molecule has 3 nitrogen and oxygen atoms in total. The highest BCUT2D eigenvalue weighted by molar-refractivity contribution is 6.50. The van der Waals surface area contributed by atoms with Gasteiger partial charge in [0.05, 0.1) is 0 Å². The van der Waals surface area contributed by atoms with Crippen molar-refractivity contribution in [3.05, 3.63) is 24.0 Å². The summed E-state index contributed by atoms with van der Waals surface area (Å²) in [7, 11) is 0. The summed E-state index contributed by atoms with van der Waals surface area (Å²) >= 11 is 11.5. The number of hydrogen-bond acceptors (Lipinski definition) is 2. The molecule has 0 aromatic heterocycles. The first-order valence-corrected chi connectivity index (χ1v) is 4.37. The molecule has 1 N–H and O–H groups in total. The third-order valence-corrected chi connectivity index (χ3v) is 1.99. The van der Waals surface area contributed by atoms with E-state index in [1.807, 2.05) is 0 Å². The molecule has 0 radical (unpaired) electrons. The molecule has 1 aliphatic carbocycles. The zero-order valence-corrected chi connectivity index (χ0v) is 8.18. The fourth-order valence-corrected chi connectivity index (χ4v) is 1.11. The maximum absolute atomic E-state index is 10.1. The molecule has 72 valence electrons. The van der Waals surface area contributed by atoms with Crippen molar-refractivity contribution >= 4 is 29.2 Å². The molecule has 0 amide bonds. The molecule has 0 bridgehead atoms. The number of carboxylic acids is 1. The number of carbonyl (C=O) groups is 1. The third kappa shape index (κ3) is 3.70. The van der Waals surface area contributed by atoms with Crippen molar-refractivity contribution in [2.75, 3.05) is 6.61 Å². The van der Waals surface area contributed by atoms with Crippen LogP contribution < -0.4 is 0 Å². The summed E-state index contributed by atoms with van der Waals surface area (Å²) in [6.45, 7) is -0.353. The Morgan fingerprint density at radius 1 is 1.69 bits per heavy atom. The topological polar surface area (TPSA) is 46.5 Å². The molecule has 13 heavy (non-hydrogen) atoms. The van der Waals surface area contributed by atoms with E-state index in [0.717, 1.165) is 0 Å². The molecule has 0 saturated carbocycles. The lowest BCUT2D eigenvalue weighted by molar-refractivity contribution is -0.140. The van der Waals surface area contributed by atoms with Gasteiger partial charge in [-0.3, -0.25) is 0 Å². The van der Waals surface area contributed by atoms with E-state index in [2.05, 4.69) is 0 Å². The van der Waals surface area contributed by atoms with Gasteiger partial charge in [0.1, 0.15) is 10.1 Å². The van der Waals surface area contributed by atoms with Crippen molar-refractivity contribution in [2.45, 2.75) is 10.8 Å². The fraction of sp³-hybridized carbons (Fsp3) is 0.375. The second kappa shape index (κ2) is 4.03. The molecule has 0 spiro atoms. The minimum Gasteiger partial charge on any atom is -0.482 e. The van der Waals surface area contributed by atoms with Gasteiger partial charge in [-0.05, 0) is 18.2 Å². The average molecular weight is 223 g/mol. The van der Waals surface area contributed by atoms with Crippen molar-refractivity contribution in [3.63, 3.8) is 0 Å². The van der Waals surface area contributed by atoms with Gasteiger partial charge in [0.2, 0.25) is 0 Å². The van der Waals surface area contributed by atoms with Crippen LogP contribution in [-0.2, 0) is 9.53 Å². The number of alkyl halides is 2. The summed E-state index contributed by atoms with van der Waals surface area (Å²) in [5.41, 5.74) is 0. The molecular weight excluding hydrogens is 215 g/mol. The molecular formula is C8H8Cl2O3. The van der Waals surface area contributed by atoms with Gasteiger partial charge in [-0.2, -0.15) is 0 Å². The Balaban J connectivity index is 2.44. The van der Waals surface area contributed by atoms with Crippen LogP contribution in [0.1, 0.15) is 6.42 Å². The molecule has 1 aliphatic rings. The predicted molar refractivity (Wildman–Crippen MR) is 49.9 cm³/mol. The maximum atomic E-state index is 10.1. The largest absolute Gasteiger partial charge is 0.482 e. The van der Waals surface area contributed by atoms with Crippen LogP contribution in [0, 0.1) is 0 Å². The summed E-state index contributed by atoms with van der Waals surface area (Å²) in [5, 5.41) is 8.32. The summed E-state index contributed by atoms with van der Waals surface area (Å²) in [4.78, 5) is 10.1. The zero-order chi connectivity index (χ0) is 9.90. The number of rotatable bonds is 3. The quantitative estimate of drug-likeness (QED) is 0.745. The molecule has 0 aliphatic heterocycles. The first kappa shape index (κ1) is 10.4. The maximum Gasteiger partial charge on any atom is 0.341 e. The van der Waals surface area contributed by atoms with Crippen LogP contribution in [0.3, 0.4) is 0 Å². The van der Waals surface area contributed by atoms with Crippen LogP contribution in [0.25, 0.3) is 0 Å². The summed E-state index contributed by atoms with van der Waals surface area (Å²) in [6.07, 6.45) is 5.20. The second-order valence-corrected chi connectivity index (χ2v) is 4.13. The minimum atomic E-state index is -1.01. The molecule has 0 aromatic carbocycles. The van der Waals surface area contributed by atoms with Gasteiger partial charge in [0.15, 0.2) is 6.61 Å². The Morgan fingerprint density at radius 2 is 2.38 bits per heavy atom. The van der Waals surface area contributed by atoms with Crippen LogP contribution in [-0.4, -0.2) is 22.0 Å². The lowest BCUT2D eigenvalue weighted by Gasteiger charge is -2.17. The highest BCUT2D eigenvalue weighted by atomic mass is 35.5. The van der Waals surface area contributed by atoms with E-state index in [9.17, 15) is 4.79 Å². The number of allylic oxidation sites excluding steroid dienone is 3. The Labute approximate surface area is 85.6 Å². The molecule has 1 rings (SSSR count). The van der Waals surface area contributed by atoms with Gasteiger partial charge in [-0.1, -0.05) is 23.2 Å². The SMILES string of the molecule is O=C(O)COC1=CCC(Cl)(Cl)C=C1. The first-order chi connectivity index (χ1) is 5.99. The van der Waals surface area contributed by atoms with Crippen LogP contribution >= 0.6 is 23.2 Å². The molecule has 0 fully saturated rings. The van der Waals surface area contributed by atoms with E-state index in [4.69, 9.17) is 33.0 Å². The number of hydrogen-bond donors (Lipinski definition) is 1. The van der Waals surface area contributed by atoms with Gasteiger partial charge in [0, 0.05) is 6.42 Å². The number of aliphatic carboxylic acids is 1. The number of ether oxygens (including phenoxy) is 1. The second-order valence-electron chi connectivity index (χ2n) is 2.59.